The Labute approximate surface area is 509 Å². The number of nitrogens with two attached hydrogens (primary N) is 1. The number of aryl methyl sites for hydroxylation is 1. The molecule has 3 aromatic carbocycles. The van der Waals surface area contributed by atoms with Gasteiger partial charge in [0.05, 0.1) is 17.6 Å². The Balaban J connectivity index is 0.000000184. The van der Waals surface area contributed by atoms with Crippen molar-refractivity contribution in [3.63, 3.8) is 0 Å². The number of amides is 1. The van der Waals surface area contributed by atoms with Gasteiger partial charge in [0.15, 0.2) is 42.6 Å². The molecule has 464 valence electrons. The quantitative estimate of drug-likeness (QED) is 0.0538. The van der Waals surface area contributed by atoms with Crippen molar-refractivity contribution in [2.45, 2.75) is 121 Å². The lowest BCUT2D eigenvalue weighted by Gasteiger charge is -2.56. The number of likely N-dealkylation sites (tertiary alicyclic amines) is 1. The number of primary amides is 1. The van der Waals surface area contributed by atoms with Gasteiger partial charge in [-0.2, -0.15) is 0 Å². The molecule has 1 saturated heterocycles. The molecule has 0 unspecified atom stereocenters. The number of aliphatic hydroxyl groups is 3. The lowest BCUT2D eigenvalue weighted by Crippen LogP contribution is -2.70. The zero-order valence-corrected chi connectivity index (χ0v) is 53.5. The molecule has 4 fully saturated rings. The maximum Gasteiger partial charge on any atom is 0.265 e. The highest BCUT2D eigenvalue weighted by molar-refractivity contribution is 6.74. The topological polar surface area (TPSA) is 270 Å². The van der Waals surface area contributed by atoms with Crippen molar-refractivity contribution in [2.75, 3.05) is 85.8 Å². The van der Waals surface area contributed by atoms with E-state index in [1.54, 1.807) is 20.2 Å². The van der Waals surface area contributed by atoms with Crippen LogP contribution in [0.3, 0.4) is 0 Å². The minimum atomic E-state index is -2.82. The number of phenols is 1. The Bertz CT molecular complexity index is 3670. The average Bonchev–Trinajstić information content (AvgIpc) is 1.49. The van der Waals surface area contributed by atoms with Gasteiger partial charge < -0.3 is 54.5 Å². The van der Waals surface area contributed by atoms with Crippen LogP contribution in [0.5, 0.6) is 11.6 Å². The highest BCUT2D eigenvalue weighted by atomic mass is 28.4. The Morgan fingerprint density at radius 1 is 0.782 bits per heavy atom. The van der Waals surface area contributed by atoms with Gasteiger partial charge in [0.1, 0.15) is 40.4 Å². The maximum absolute atomic E-state index is 15.8. The van der Waals surface area contributed by atoms with E-state index in [4.69, 9.17) is 19.4 Å². The number of benzene rings is 3. The molecule has 0 bridgehead atoms. The van der Waals surface area contributed by atoms with Gasteiger partial charge in [-0.1, -0.05) is 57.2 Å². The summed E-state index contributed by atoms with van der Waals surface area (Å²) in [4.78, 5) is 96.0. The highest BCUT2D eigenvalue weighted by Crippen LogP contribution is 2.79. The lowest BCUT2D eigenvalue weighted by atomic mass is 9.51. The summed E-state index contributed by atoms with van der Waals surface area (Å²) in [6.45, 7) is 14.5. The first-order valence-corrected chi connectivity index (χ1v) is 33.0. The predicted molar refractivity (Wildman–Crippen MR) is 328 cm³/mol. The molecule has 9 atom stereocenters. The molecule has 1 aliphatic heterocycles. The Hall–Kier alpha value is -7.01. The van der Waals surface area contributed by atoms with Crippen molar-refractivity contribution in [2.24, 2.45) is 33.8 Å². The number of aromatic nitrogens is 1. The minimum absolute atomic E-state index is 0.0482. The van der Waals surface area contributed by atoms with E-state index in [1.807, 2.05) is 100 Å². The summed E-state index contributed by atoms with van der Waals surface area (Å²) in [5.74, 6) is -7.13. The van der Waals surface area contributed by atoms with Gasteiger partial charge in [-0.25, -0.2) is 0 Å². The van der Waals surface area contributed by atoms with E-state index in [0.29, 0.717) is 42.7 Å². The molecule has 12 rings (SSSR count). The molecular weight excluding hydrogens is 1130 g/mol. The number of carbonyl (C=O) groups excluding carboxylic acids is 6. The van der Waals surface area contributed by atoms with Gasteiger partial charge in [0.2, 0.25) is 11.6 Å². The molecule has 0 spiro atoms. The van der Waals surface area contributed by atoms with E-state index in [1.165, 1.54) is 11.0 Å². The molecule has 20 nitrogen and oxygen atoms in total. The first-order valence-electron chi connectivity index (χ1n) is 30.1. The summed E-state index contributed by atoms with van der Waals surface area (Å²) in [7, 11) is 11.9. The van der Waals surface area contributed by atoms with E-state index in [0.717, 1.165) is 54.0 Å². The normalized spacial score (nSPS) is 29.9. The number of rotatable bonds is 12. The number of Topliss-reactive ketones (excluding diaryl/α,β-unsaturated/α-hetero) is 5. The maximum atomic E-state index is 15.8. The number of hydrogen-bond acceptors (Lipinski definition) is 19. The number of nitrogens with zero attached hydrogens (tertiary/aromatic N) is 6. The SMILES string of the molecule is CN(C)c1ccc(O)c2c1C[C@@]1(CN3CCCC3)C[C@H]3[C@H](N(C)C)C(=O)C(C(N)=O)=C(O)[C@@]3(O)C(=O)C1=C2O.Cc1ccc(N(C)C)c2c1C(=O)[C@@]13C[C@]1(C2)C[C@H]1[C@H](N(C)C)c2onc(OCc4ccccc4)c2C(=O)[C@@]1(O[Si](C)(C)C(C)(C)C)C3=O. The standard InChI is InChI=1S/C38H47N3O6Si.C28H36N4O7/c1-22-16-17-26(40(5)6)24-18-36-19-25-29(41(7)8)30-28(33(39-46-30)45-20-23-14-12-11-13-15-23)32(43)38(25,47-48(9,10)35(2,3)4)34(44)37(36,21-36)31(42)27(22)24;1-30(2)16-7-8-17(33)18-14(16)11-27(13-32-9-5-6-10-32)12-15-21(31(3)4)23(35)19(26(29)38)24(36)28(15,39)25(37)20(27)22(18)34/h11-17,25,29H,18-21H2,1-10H3;7-8,15,21,33-34,36,39H,5-6,9-13H2,1-4H3,(H2,29,38)/t25-,29-,36-,37+,38+;15-,21-,27-,28+/m00/s1. The Kier molecular flexibility index (Phi) is 14.7. The minimum Gasteiger partial charge on any atom is -0.508 e. The molecule has 8 aliphatic rings. The van der Waals surface area contributed by atoms with Crippen molar-refractivity contribution in [1.29, 1.82) is 0 Å². The first-order chi connectivity index (χ1) is 40.7. The second-order valence-corrected chi connectivity index (χ2v) is 33.0. The van der Waals surface area contributed by atoms with Crippen LogP contribution in [0.15, 0.2) is 76.0 Å². The van der Waals surface area contributed by atoms with Crippen LogP contribution in [0.25, 0.3) is 5.76 Å². The van der Waals surface area contributed by atoms with Gasteiger partial charge in [0.25, 0.3) is 11.8 Å². The van der Waals surface area contributed by atoms with E-state index < -0.39 is 100 Å². The molecule has 21 heteroatoms. The van der Waals surface area contributed by atoms with Crippen LogP contribution in [0.2, 0.25) is 18.1 Å². The molecule has 6 N–H and O–H groups in total. The van der Waals surface area contributed by atoms with E-state index in [9.17, 15) is 39.6 Å². The summed E-state index contributed by atoms with van der Waals surface area (Å²) in [5.41, 5.74) is 2.93. The van der Waals surface area contributed by atoms with Gasteiger partial charge in [-0.3, -0.25) is 38.6 Å². The van der Waals surface area contributed by atoms with Crippen LogP contribution in [0.1, 0.15) is 113 Å². The number of fused-ring (bicyclic) bond motifs is 6. The van der Waals surface area contributed by atoms with Crippen molar-refractivity contribution in [3.8, 4) is 11.6 Å². The summed E-state index contributed by atoms with van der Waals surface area (Å²) in [6.07, 6.45) is 3.72. The lowest BCUT2D eigenvalue weighted by molar-refractivity contribution is -0.158. The molecule has 3 saturated carbocycles. The fraction of sp³-hybridized carbons (Fsp3) is 0.530. The number of aromatic hydroxyl groups is 1. The molecule has 7 aliphatic carbocycles. The van der Waals surface area contributed by atoms with Crippen LogP contribution in [0.4, 0.5) is 11.4 Å². The summed E-state index contributed by atoms with van der Waals surface area (Å²) < 4.78 is 19.5. The molecule has 1 aromatic heterocycles. The average molecular weight is 1210 g/mol. The van der Waals surface area contributed by atoms with E-state index in [-0.39, 0.29) is 64.4 Å². The Morgan fingerprint density at radius 2 is 1.39 bits per heavy atom. The van der Waals surface area contributed by atoms with Crippen LogP contribution in [-0.4, -0.2) is 177 Å². The number of ether oxygens (including phenoxy) is 1. The molecule has 2 heterocycles. The number of phenolic OH excluding ortho intramolecular Hbond substituents is 1. The smallest absolute Gasteiger partial charge is 0.265 e. The number of ketones is 5. The van der Waals surface area contributed by atoms with E-state index >= 15 is 9.59 Å². The van der Waals surface area contributed by atoms with Gasteiger partial charge >= 0.3 is 0 Å². The van der Waals surface area contributed by atoms with Crippen LogP contribution in [0, 0.1) is 35.0 Å². The number of hydrogen-bond donors (Lipinski definition) is 5. The molecule has 87 heavy (non-hydrogen) atoms. The van der Waals surface area contributed by atoms with Crippen LogP contribution >= 0.6 is 0 Å². The van der Waals surface area contributed by atoms with E-state index in [2.05, 4.69) is 50.0 Å². The number of carbonyl (C=O) groups is 6. The first kappa shape index (κ1) is 61.6. The zero-order valence-electron chi connectivity index (χ0n) is 52.5. The number of anilines is 2. The molecule has 4 aromatic rings. The number of likely N-dealkylation sites (N-methyl/N-ethyl adjacent to an activating group) is 1. The second-order valence-electron chi connectivity index (χ2n) is 28.3. The van der Waals surface area contributed by atoms with Crippen LogP contribution < -0.4 is 20.3 Å². The van der Waals surface area contributed by atoms with Gasteiger partial charge in [-0.05, 0) is 162 Å². The third-order valence-corrected chi connectivity index (χ3v) is 25.7. The monoisotopic (exact) mass is 1210 g/mol. The van der Waals surface area contributed by atoms with Crippen molar-refractivity contribution in [1.82, 2.24) is 19.9 Å². The molecule has 0 radical (unpaired) electrons. The van der Waals surface area contributed by atoms with Crippen molar-refractivity contribution < 1.29 is 62.9 Å². The highest BCUT2D eigenvalue weighted by Gasteiger charge is 2.87. The molecule has 1 amide bonds. The zero-order chi connectivity index (χ0) is 63.4. The van der Waals surface area contributed by atoms with Crippen molar-refractivity contribution >= 4 is 60.3 Å². The third-order valence-electron chi connectivity index (χ3n) is 21.3. The fourth-order valence-corrected chi connectivity index (χ4v) is 17.7. The Morgan fingerprint density at radius 3 is 1.98 bits per heavy atom. The summed E-state index contributed by atoms with van der Waals surface area (Å²) in [5, 5.41) is 49.7. The molecular formula is C66H83N7O13Si. The summed E-state index contributed by atoms with van der Waals surface area (Å²) >= 11 is 0. The van der Waals surface area contributed by atoms with Crippen molar-refractivity contribution in [3.05, 3.63) is 116 Å². The third kappa shape index (κ3) is 8.77. The van der Waals surface area contributed by atoms with Crippen LogP contribution in [-0.2, 0) is 43.1 Å². The van der Waals surface area contributed by atoms with Gasteiger partial charge in [0, 0.05) is 74.5 Å². The summed E-state index contributed by atoms with van der Waals surface area (Å²) in [6, 6.07) is 15.2. The fourth-order valence-electron chi connectivity index (χ4n) is 16.2. The second kappa shape index (κ2) is 20.8. The van der Waals surface area contributed by atoms with Gasteiger partial charge in [-0.15, -0.1) is 0 Å². The predicted octanol–water partition coefficient (Wildman–Crippen LogP) is 7.09. The number of aliphatic hydroxyl groups excluding tert-OH is 2. The largest absolute Gasteiger partial charge is 0.508 e.